The molecule has 0 aliphatic carbocycles. The van der Waals surface area contributed by atoms with E-state index in [4.69, 9.17) is 14.2 Å². The molecule has 0 radical (unpaired) electrons. The zero-order valence-corrected chi connectivity index (χ0v) is 18.3. The number of methoxy groups -OCH3 is 3. The fraction of sp³-hybridized carbons (Fsp3) is 0.348. The van der Waals surface area contributed by atoms with Crippen LogP contribution in [0.5, 0.6) is 17.2 Å². The third-order valence-electron chi connectivity index (χ3n) is 5.62. The Morgan fingerprint density at radius 3 is 2.50 bits per heavy atom. The van der Waals surface area contributed by atoms with Crippen LogP contribution in [0.2, 0.25) is 0 Å². The summed E-state index contributed by atoms with van der Waals surface area (Å²) < 4.78 is 15.9. The number of benzene rings is 2. The van der Waals surface area contributed by atoms with E-state index in [1.807, 2.05) is 24.3 Å². The van der Waals surface area contributed by atoms with Crippen LogP contribution in [-0.2, 0) is 4.79 Å². The van der Waals surface area contributed by atoms with Gasteiger partial charge in [-0.2, -0.15) is 0 Å². The number of aromatic nitrogens is 2. The Balaban J connectivity index is 1.45. The Kier molecular flexibility index (Phi) is 6.16. The quantitative estimate of drug-likeness (QED) is 0.588. The van der Waals surface area contributed by atoms with Crippen molar-refractivity contribution in [2.75, 3.05) is 34.4 Å². The second-order valence-corrected chi connectivity index (χ2v) is 7.48. The molecule has 0 spiro atoms. The maximum absolute atomic E-state index is 12.9. The van der Waals surface area contributed by atoms with Crippen molar-refractivity contribution in [1.29, 1.82) is 0 Å². The lowest BCUT2D eigenvalue weighted by Gasteiger charge is -2.23. The molecule has 1 saturated heterocycles. The van der Waals surface area contributed by atoms with Crippen LogP contribution in [0.1, 0.15) is 35.1 Å². The van der Waals surface area contributed by atoms with Crippen molar-refractivity contribution in [1.82, 2.24) is 20.2 Å². The van der Waals surface area contributed by atoms with Gasteiger partial charge in [-0.15, -0.1) is 0 Å². The third kappa shape index (κ3) is 4.05. The Bertz CT molecular complexity index is 1080. The highest BCUT2D eigenvalue weighted by molar-refractivity contribution is 5.97. The van der Waals surface area contributed by atoms with E-state index in [0.717, 1.165) is 29.7 Å². The molecule has 0 bridgehead atoms. The SMILES string of the molecule is COc1cc(C(=O)NCC(=O)N2CCC[C@H]2c2nc3ccccc3[nH]2)cc(OC)c1OC. The first kappa shape index (κ1) is 21.5. The van der Waals surface area contributed by atoms with Gasteiger partial charge in [0, 0.05) is 12.1 Å². The minimum atomic E-state index is -0.405. The number of hydrogen-bond acceptors (Lipinski definition) is 6. The van der Waals surface area contributed by atoms with Crippen molar-refractivity contribution < 1.29 is 23.8 Å². The number of carbonyl (C=O) groups excluding carboxylic acids is 2. The number of carbonyl (C=O) groups is 2. The molecule has 9 nitrogen and oxygen atoms in total. The van der Waals surface area contributed by atoms with Gasteiger partial charge in [-0.05, 0) is 37.1 Å². The molecule has 1 aromatic heterocycles. The highest BCUT2D eigenvalue weighted by Gasteiger charge is 2.32. The number of imidazole rings is 1. The number of fused-ring (bicyclic) bond motifs is 1. The van der Waals surface area contributed by atoms with Gasteiger partial charge in [-0.1, -0.05) is 12.1 Å². The first-order valence-electron chi connectivity index (χ1n) is 10.4. The Morgan fingerprint density at radius 2 is 1.84 bits per heavy atom. The summed E-state index contributed by atoms with van der Waals surface area (Å²) in [5.41, 5.74) is 2.12. The smallest absolute Gasteiger partial charge is 0.251 e. The Hall–Kier alpha value is -3.75. The number of rotatable bonds is 7. The van der Waals surface area contributed by atoms with E-state index in [1.165, 1.54) is 21.3 Å². The number of H-pyrrole nitrogens is 1. The first-order chi connectivity index (χ1) is 15.5. The van der Waals surface area contributed by atoms with Crippen LogP contribution in [0.15, 0.2) is 36.4 Å². The summed E-state index contributed by atoms with van der Waals surface area (Å²) >= 11 is 0. The number of aromatic amines is 1. The second kappa shape index (κ2) is 9.17. The average molecular weight is 438 g/mol. The Morgan fingerprint density at radius 1 is 1.12 bits per heavy atom. The van der Waals surface area contributed by atoms with Crippen LogP contribution in [0.3, 0.4) is 0 Å². The van der Waals surface area contributed by atoms with Crippen molar-refractivity contribution in [2.24, 2.45) is 0 Å². The summed E-state index contributed by atoms with van der Waals surface area (Å²) in [7, 11) is 4.45. The minimum absolute atomic E-state index is 0.119. The van der Waals surface area contributed by atoms with Gasteiger partial charge in [0.15, 0.2) is 11.5 Å². The maximum atomic E-state index is 12.9. The fourth-order valence-electron chi connectivity index (χ4n) is 4.05. The van der Waals surface area contributed by atoms with E-state index in [2.05, 4.69) is 15.3 Å². The van der Waals surface area contributed by atoms with E-state index >= 15 is 0 Å². The predicted molar refractivity (Wildman–Crippen MR) is 118 cm³/mol. The molecular weight excluding hydrogens is 412 g/mol. The van der Waals surface area contributed by atoms with Gasteiger partial charge in [-0.25, -0.2) is 4.98 Å². The molecule has 2 amide bonds. The molecule has 0 unspecified atom stereocenters. The maximum Gasteiger partial charge on any atom is 0.251 e. The van der Waals surface area contributed by atoms with E-state index in [9.17, 15) is 9.59 Å². The third-order valence-corrected chi connectivity index (χ3v) is 5.62. The number of amides is 2. The van der Waals surface area contributed by atoms with Crippen molar-refractivity contribution in [3.05, 3.63) is 47.8 Å². The number of nitrogens with one attached hydrogen (secondary N) is 2. The number of hydrogen-bond donors (Lipinski definition) is 2. The second-order valence-electron chi connectivity index (χ2n) is 7.48. The topological polar surface area (TPSA) is 106 Å². The molecule has 2 aromatic carbocycles. The molecule has 32 heavy (non-hydrogen) atoms. The molecule has 4 rings (SSSR count). The predicted octanol–water partition coefficient (Wildman–Crippen LogP) is 2.68. The molecule has 9 heteroatoms. The van der Waals surface area contributed by atoms with Gasteiger partial charge in [0.25, 0.3) is 5.91 Å². The number of ether oxygens (including phenoxy) is 3. The lowest BCUT2D eigenvalue weighted by Crippen LogP contribution is -2.40. The molecule has 2 heterocycles. The molecule has 0 saturated carbocycles. The average Bonchev–Trinajstić information content (AvgIpc) is 3.48. The van der Waals surface area contributed by atoms with E-state index in [-0.39, 0.29) is 18.5 Å². The molecule has 1 atom stereocenters. The van der Waals surface area contributed by atoms with E-state index < -0.39 is 5.91 Å². The monoisotopic (exact) mass is 438 g/mol. The number of para-hydroxylation sites is 2. The fourth-order valence-corrected chi connectivity index (χ4v) is 4.05. The Labute approximate surface area is 185 Å². The number of likely N-dealkylation sites (tertiary alicyclic amines) is 1. The van der Waals surface area contributed by atoms with Crippen LogP contribution in [0, 0.1) is 0 Å². The highest BCUT2D eigenvalue weighted by Crippen LogP contribution is 2.38. The van der Waals surface area contributed by atoms with Gasteiger partial charge >= 0.3 is 0 Å². The van der Waals surface area contributed by atoms with Crippen LogP contribution in [0.25, 0.3) is 11.0 Å². The standard InChI is InChI=1S/C23H26N4O5/c1-30-18-11-14(12-19(31-2)21(18)32-3)23(29)24-13-20(28)27-10-6-9-17(27)22-25-15-7-4-5-8-16(15)26-22/h4-5,7-8,11-12,17H,6,9-10,13H2,1-3H3,(H,24,29)(H,25,26)/t17-/m0/s1. The lowest BCUT2D eigenvalue weighted by molar-refractivity contribution is -0.131. The normalized spacial score (nSPS) is 15.6. The molecule has 1 aliphatic heterocycles. The largest absolute Gasteiger partial charge is 0.493 e. The minimum Gasteiger partial charge on any atom is -0.493 e. The van der Waals surface area contributed by atoms with E-state index in [1.54, 1.807) is 17.0 Å². The van der Waals surface area contributed by atoms with Gasteiger partial charge in [-0.3, -0.25) is 9.59 Å². The molecule has 2 N–H and O–H groups in total. The molecule has 168 valence electrons. The summed E-state index contributed by atoms with van der Waals surface area (Å²) in [6.45, 7) is 0.507. The zero-order valence-electron chi connectivity index (χ0n) is 18.3. The summed E-state index contributed by atoms with van der Waals surface area (Å²) in [5, 5.41) is 2.70. The summed E-state index contributed by atoms with van der Waals surface area (Å²) in [6.07, 6.45) is 1.71. The van der Waals surface area contributed by atoms with Crippen LogP contribution < -0.4 is 19.5 Å². The van der Waals surface area contributed by atoms with Gasteiger partial charge in [0.1, 0.15) is 5.82 Å². The molecule has 1 fully saturated rings. The first-order valence-corrected chi connectivity index (χ1v) is 10.4. The highest BCUT2D eigenvalue weighted by atomic mass is 16.5. The number of nitrogens with zero attached hydrogens (tertiary/aromatic N) is 2. The van der Waals surface area contributed by atoms with E-state index in [0.29, 0.717) is 29.4 Å². The summed E-state index contributed by atoms with van der Waals surface area (Å²) in [6, 6.07) is 10.7. The summed E-state index contributed by atoms with van der Waals surface area (Å²) in [4.78, 5) is 35.4. The van der Waals surface area contributed by atoms with Gasteiger partial charge in [0.2, 0.25) is 11.7 Å². The van der Waals surface area contributed by atoms with Crippen LogP contribution in [0.4, 0.5) is 0 Å². The lowest BCUT2D eigenvalue weighted by atomic mass is 10.1. The van der Waals surface area contributed by atoms with Crippen LogP contribution in [-0.4, -0.2) is 61.1 Å². The van der Waals surface area contributed by atoms with Crippen molar-refractivity contribution in [3.63, 3.8) is 0 Å². The van der Waals surface area contributed by atoms with Crippen LogP contribution >= 0.6 is 0 Å². The van der Waals surface area contributed by atoms with Gasteiger partial charge in [0.05, 0.1) is 44.9 Å². The van der Waals surface area contributed by atoms with Gasteiger partial charge < -0.3 is 29.4 Å². The molecule has 1 aliphatic rings. The van der Waals surface area contributed by atoms with Crippen molar-refractivity contribution >= 4 is 22.8 Å². The zero-order chi connectivity index (χ0) is 22.7. The van der Waals surface area contributed by atoms with Crippen molar-refractivity contribution in [3.8, 4) is 17.2 Å². The molecular formula is C23H26N4O5. The van der Waals surface area contributed by atoms with Crippen molar-refractivity contribution in [2.45, 2.75) is 18.9 Å². The molecule has 3 aromatic rings. The summed E-state index contributed by atoms with van der Waals surface area (Å²) in [5.74, 6) is 1.34.